The van der Waals surface area contributed by atoms with Crippen molar-refractivity contribution >= 4 is 27.1 Å². The van der Waals surface area contributed by atoms with Gasteiger partial charge in [-0.1, -0.05) is 12.8 Å². The van der Waals surface area contributed by atoms with Crippen LogP contribution < -0.4 is 0 Å². The largest absolute Gasteiger partial charge is 0.334 e. The predicted molar refractivity (Wildman–Crippen MR) is 94.0 cm³/mol. The zero-order valence-corrected chi connectivity index (χ0v) is 15.3. The number of sulfone groups is 1. The van der Waals surface area contributed by atoms with E-state index < -0.39 is 9.84 Å². The van der Waals surface area contributed by atoms with Crippen molar-refractivity contribution in [2.75, 3.05) is 18.1 Å². The van der Waals surface area contributed by atoms with Gasteiger partial charge in [0.25, 0.3) is 5.91 Å². The summed E-state index contributed by atoms with van der Waals surface area (Å²) in [5.41, 5.74) is 1.34. The van der Waals surface area contributed by atoms with Gasteiger partial charge in [0.05, 0.1) is 16.4 Å². The number of amides is 1. The molecule has 1 atom stereocenters. The van der Waals surface area contributed by atoms with Crippen molar-refractivity contribution in [3.05, 3.63) is 21.4 Å². The summed E-state index contributed by atoms with van der Waals surface area (Å²) in [6.07, 6.45) is 7.70. The first-order valence-corrected chi connectivity index (χ1v) is 11.3. The van der Waals surface area contributed by atoms with Gasteiger partial charge in [0.1, 0.15) is 0 Å². The average Bonchev–Trinajstić information content (AvgIpc) is 3.03. The molecule has 0 aromatic carbocycles. The zero-order chi connectivity index (χ0) is 16.4. The highest BCUT2D eigenvalue weighted by Gasteiger charge is 2.34. The van der Waals surface area contributed by atoms with Crippen LogP contribution >= 0.6 is 11.3 Å². The van der Waals surface area contributed by atoms with Gasteiger partial charge in [-0.05, 0) is 50.7 Å². The Morgan fingerprint density at radius 3 is 2.65 bits per heavy atom. The van der Waals surface area contributed by atoms with Crippen molar-refractivity contribution in [1.29, 1.82) is 0 Å². The fourth-order valence-corrected chi connectivity index (χ4v) is 6.62. The Bertz CT molecular complexity index is 653. The number of fused-ring (bicyclic) bond motifs is 1. The van der Waals surface area contributed by atoms with Crippen LogP contribution in [0.2, 0.25) is 0 Å². The minimum atomic E-state index is -2.97. The quantitative estimate of drug-likeness (QED) is 0.837. The Hall–Kier alpha value is -0.880. The Kier molecular flexibility index (Phi) is 5.11. The highest BCUT2D eigenvalue weighted by atomic mass is 32.2. The maximum Gasteiger partial charge on any atom is 0.264 e. The summed E-state index contributed by atoms with van der Waals surface area (Å²) in [6.45, 7) is 2.51. The summed E-state index contributed by atoms with van der Waals surface area (Å²) >= 11 is 1.63. The maximum absolute atomic E-state index is 12.9. The van der Waals surface area contributed by atoms with E-state index in [4.69, 9.17) is 0 Å². The topological polar surface area (TPSA) is 54.5 Å². The first kappa shape index (κ1) is 17.0. The molecule has 2 heterocycles. The molecular weight excluding hydrogens is 330 g/mol. The summed E-state index contributed by atoms with van der Waals surface area (Å²) in [5, 5.41) is 0. The average molecular weight is 356 g/mol. The van der Waals surface area contributed by atoms with Crippen molar-refractivity contribution < 1.29 is 13.2 Å². The molecule has 4 nitrogen and oxygen atoms in total. The summed E-state index contributed by atoms with van der Waals surface area (Å²) in [6, 6.07) is 1.92. The lowest BCUT2D eigenvalue weighted by Gasteiger charge is -2.26. The number of carbonyl (C=O) groups is 1. The molecule has 0 N–H and O–H groups in total. The van der Waals surface area contributed by atoms with E-state index in [1.807, 2.05) is 6.92 Å². The fraction of sp³-hybridized carbons (Fsp3) is 0.706. The van der Waals surface area contributed by atoms with Crippen molar-refractivity contribution in [3.8, 4) is 0 Å². The molecule has 128 valence electrons. The van der Waals surface area contributed by atoms with Gasteiger partial charge in [-0.15, -0.1) is 11.3 Å². The van der Waals surface area contributed by atoms with E-state index in [0.29, 0.717) is 13.0 Å². The van der Waals surface area contributed by atoms with Gasteiger partial charge in [-0.3, -0.25) is 4.79 Å². The Morgan fingerprint density at radius 2 is 2.00 bits per heavy atom. The van der Waals surface area contributed by atoms with E-state index >= 15 is 0 Å². The van der Waals surface area contributed by atoms with Crippen LogP contribution in [0.15, 0.2) is 6.07 Å². The molecule has 1 unspecified atom stereocenters. The molecular formula is C17H25NO3S2. The lowest BCUT2D eigenvalue weighted by Crippen LogP contribution is -2.40. The third-order valence-electron chi connectivity index (χ3n) is 4.96. The van der Waals surface area contributed by atoms with Gasteiger partial charge in [-0.2, -0.15) is 0 Å². The third kappa shape index (κ3) is 3.79. The number of aryl methyl sites for hydroxylation is 2. The number of carbonyl (C=O) groups excluding carboxylic acids is 1. The van der Waals surface area contributed by atoms with Crippen molar-refractivity contribution in [2.24, 2.45) is 0 Å². The van der Waals surface area contributed by atoms with Crippen LogP contribution in [0.5, 0.6) is 0 Å². The first-order valence-electron chi connectivity index (χ1n) is 8.63. The molecule has 1 aliphatic heterocycles. The van der Waals surface area contributed by atoms with Crippen LogP contribution in [0, 0.1) is 0 Å². The summed E-state index contributed by atoms with van der Waals surface area (Å²) < 4.78 is 23.4. The van der Waals surface area contributed by atoms with Gasteiger partial charge >= 0.3 is 0 Å². The monoisotopic (exact) mass is 355 g/mol. The zero-order valence-electron chi connectivity index (χ0n) is 13.7. The molecule has 1 saturated heterocycles. The Balaban J connectivity index is 1.80. The van der Waals surface area contributed by atoms with Gasteiger partial charge in [-0.25, -0.2) is 8.42 Å². The minimum absolute atomic E-state index is 0.0198. The standard InChI is InChI=1S/C17H25NO3S2/c1-2-18(14-9-10-23(20,21)12-14)17(19)16-11-13-7-5-3-4-6-8-15(13)22-16/h11,14H,2-10,12H2,1H3. The Morgan fingerprint density at radius 1 is 1.26 bits per heavy atom. The minimum Gasteiger partial charge on any atom is -0.334 e. The van der Waals surface area contributed by atoms with Crippen LogP contribution in [0.1, 0.15) is 59.1 Å². The number of thiophene rings is 1. The van der Waals surface area contributed by atoms with Gasteiger partial charge in [0.2, 0.25) is 0 Å². The fourth-order valence-electron chi connectivity index (χ4n) is 3.68. The van der Waals surface area contributed by atoms with Gasteiger partial charge < -0.3 is 4.90 Å². The normalized spacial score (nSPS) is 23.8. The molecule has 0 saturated carbocycles. The van der Waals surface area contributed by atoms with Crippen LogP contribution in [-0.4, -0.2) is 43.3 Å². The number of nitrogens with zero attached hydrogens (tertiary/aromatic N) is 1. The van der Waals surface area contributed by atoms with Crippen molar-refractivity contribution in [3.63, 3.8) is 0 Å². The number of hydrogen-bond acceptors (Lipinski definition) is 4. The van der Waals surface area contributed by atoms with Crippen LogP contribution in [0.25, 0.3) is 0 Å². The second-order valence-electron chi connectivity index (χ2n) is 6.62. The number of rotatable bonds is 3. The number of hydrogen-bond donors (Lipinski definition) is 0. The molecule has 23 heavy (non-hydrogen) atoms. The SMILES string of the molecule is CCN(C(=O)c1cc2c(s1)CCCCCC2)C1CCS(=O)(=O)C1. The molecule has 1 fully saturated rings. The molecule has 1 amide bonds. The maximum atomic E-state index is 12.9. The van der Waals surface area contributed by atoms with E-state index in [0.717, 1.165) is 17.7 Å². The smallest absolute Gasteiger partial charge is 0.264 e. The summed E-state index contributed by atoms with van der Waals surface area (Å²) in [7, 11) is -2.97. The molecule has 3 rings (SSSR count). The molecule has 1 aliphatic carbocycles. The lowest BCUT2D eigenvalue weighted by atomic mass is 9.99. The van der Waals surface area contributed by atoms with Gasteiger partial charge in [0.15, 0.2) is 9.84 Å². The molecule has 0 radical (unpaired) electrons. The molecule has 0 bridgehead atoms. The predicted octanol–water partition coefficient (Wildman–Crippen LogP) is 3.06. The molecule has 1 aromatic heterocycles. The molecule has 6 heteroatoms. The summed E-state index contributed by atoms with van der Waals surface area (Å²) in [5.74, 6) is 0.353. The summed E-state index contributed by atoms with van der Waals surface area (Å²) in [4.78, 5) is 16.8. The van der Waals surface area contributed by atoms with E-state index in [-0.39, 0.29) is 23.5 Å². The van der Waals surface area contributed by atoms with Crippen LogP contribution in [0.4, 0.5) is 0 Å². The van der Waals surface area contributed by atoms with E-state index in [2.05, 4.69) is 6.07 Å². The van der Waals surface area contributed by atoms with E-state index in [1.165, 1.54) is 36.1 Å². The van der Waals surface area contributed by atoms with E-state index in [1.54, 1.807) is 16.2 Å². The van der Waals surface area contributed by atoms with Crippen LogP contribution in [0.3, 0.4) is 0 Å². The second kappa shape index (κ2) is 6.93. The second-order valence-corrected chi connectivity index (χ2v) is 9.99. The molecule has 2 aliphatic rings. The lowest BCUT2D eigenvalue weighted by molar-refractivity contribution is 0.0713. The third-order valence-corrected chi connectivity index (χ3v) is 7.93. The molecule has 1 aromatic rings. The van der Waals surface area contributed by atoms with Gasteiger partial charge in [0, 0.05) is 17.5 Å². The van der Waals surface area contributed by atoms with Crippen molar-refractivity contribution in [1.82, 2.24) is 4.90 Å². The molecule has 0 spiro atoms. The van der Waals surface area contributed by atoms with E-state index in [9.17, 15) is 13.2 Å². The van der Waals surface area contributed by atoms with Crippen LogP contribution in [-0.2, 0) is 22.7 Å². The Labute approximate surface area is 142 Å². The highest BCUT2D eigenvalue weighted by Crippen LogP contribution is 2.30. The van der Waals surface area contributed by atoms with Crippen molar-refractivity contribution in [2.45, 2.75) is 57.9 Å². The highest BCUT2D eigenvalue weighted by molar-refractivity contribution is 7.91. The first-order chi connectivity index (χ1) is 11.0.